The molecule has 0 bridgehead atoms. The molecule has 4 amide bonds. The highest BCUT2D eigenvalue weighted by molar-refractivity contribution is 6.04. The van der Waals surface area contributed by atoms with Crippen LogP contribution in [-0.2, 0) is 9.59 Å². The van der Waals surface area contributed by atoms with E-state index < -0.39 is 30.1 Å². The molecule has 2 fully saturated rings. The minimum atomic E-state index is -0.722. The third-order valence-electron chi connectivity index (χ3n) is 4.06. The molecule has 0 aromatic carbocycles. The number of piperazine rings is 1. The number of carbonyl (C=O) groups excluding carboxylic acids is 3. The van der Waals surface area contributed by atoms with Crippen molar-refractivity contribution in [3.63, 3.8) is 0 Å². The second-order valence-corrected chi connectivity index (χ2v) is 5.52. The van der Waals surface area contributed by atoms with Crippen LogP contribution in [-0.4, -0.2) is 90.5 Å². The maximum Gasteiger partial charge on any atom is 0.325 e. The van der Waals surface area contributed by atoms with Gasteiger partial charge >= 0.3 is 6.03 Å². The molecule has 3 heterocycles. The number of nitrogens with two attached hydrogens (primary N) is 1. The van der Waals surface area contributed by atoms with Crippen LogP contribution >= 0.6 is 0 Å². The largest absolute Gasteiger partial charge is 0.368 e. The van der Waals surface area contributed by atoms with Gasteiger partial charge in [-0.1, -0.05) is 0 Å². The summed E-state index contributed by atoms with van der Waals surface area (Å²) in [5, 5.41) is 5.51. The Kier molecular flexibility index (Phi) is 3.61. The lowest BCUT2D eigenvalue weighted by molar-refractivity contribution is -0.128. The monoisotopic (exact) mass is 309 g/mol. The normalized spacial score (nSPS) is 28.4. The summed E-state index contributed by atoms with van der Waals surface area (Å²) in [5.41, 5.74) is 5.31. The van der Waals surface area contributed by atoms with Crippen molar-refractivity contribution >= 4 is 23.8 Å². The molecule has 3 rings (SSSR count). The molecular weight excluding hydrogens is 290 g/mol. The number of rotatable bonds is 2. The lowest BCUT2D eigenvalue weighted by Gasteiger charge is -2.38. The van der Waals surface area contributed by atoms with E-state index in [0.29, 0.717) is 19.0 Å². The van der Waals surface area contributed by atoms with Crippen LogP contribution in [0.5, 0.6) is 0 Å². The van der Waals surface area contributed by atoms with Gasteiger partial charge in [0.25, 0.3) is 5.91 Å². The number of primary amides is 1. The molecule has 0 radical (unpaired) electrons. The Hall–Kier alpha value is -2.36. The van der Waals surface area contributed by atoms with Crippen molar-refractivity contribution in [2.24, 2.45) is 10.7 Å². The Morgan fingerprint density at radius 1 is 1.36 bits per heavy atom. The van der Waals surface area contributed by atoms with E-state index in [2.05, 4.69) is 15.6 Å². The lowest BCUT2D eigenvalue weighted by atomic mass is 10.1. The van der Waals surface area contributed by atoms with Gasteiger partial charge in [0, 0.05) is 33.2 Å². The Morgan fingerprint density at radius 2 is 2.05 bits per heavy atom. The quantitative estimate of drug-likeness (QED) is 0.497. The number of urea groups is 1. The summed E-state index contributed by atoms with van der Waals surface area (Å²) in [7, 11) is 1.58. The van der Waals surface area contributed by atoms with Crippen molar-refractivity contribution in [2.45, 2.75) is 12.2 Å². The van der Waals surface area contributed by atoms with Gasteiger partial charge in [-0.3, -0.25) is 14.9 Å². The van der Waals surface area contributed by atoms with E-state index in [-0.39, 0.29) is 6.54 Å². The topological polar surface area (TPSA) is 123 Å². The summed E-state index contributed by atoms with van der Waals surface area (Å²) < 4.78 is 0. The third kappa shape index (κ3) is 2.34. The summed E-state index contributed by atoms with van der Waals surface area (Å²) in [6.07, 6.45) is -0.634. The van der Waals surface area contributed by atoms with Crippen molar-refractivity contribution in [3.8, 4) is 0 Å². The smallest absolute Gasteiger partial charge is 0.325 e. The van der Waals surface area contributed by atoms with Crippen molar-refractivity contribution in [1.29, 1.82) is 0 Å². The molecule has 10 heteroatoms. The molecule has 120 valence electrons. The number of hydrogen-bond donors (Lipinski definition) is 3. The summed E-state index contributed by atoms with van der Waals surface area (Å²) in [4.78, 5) is 44.8. The van der Waals surface area contributed by atoms with Crippen LogP contribution < -0.4 is 16.4 Å². The number of amides is 4. The molecule has 0 aromatic rings. The molecule has 4 N–H and O–H groups in total. The first-order valence-electron chi connectivity index (χ1n) is 7.15. The van der Waals surface area contributed by atoms with E-state index in [9.17, 15) is 14.4 Å². The van der Waals surface area contributed by atoms with Gasteiger partial charge in [-0.2, -0.15) is 0 Å². The van der Waals surface area contributed by atoms with Gasteiger partial charge in [0.05, 0.1) is 0 Å². The first kappa shape index (κ1) is 14.6. The number of likely N-dealkylation sites (N-methyl/N-ethyl adjacent to an activating group) is 1. The molecule has 3 aliphatic rings. The lowest BCUT2D eigenvalue weighted by Crippen LogP contribution is -2.65. The first-order valence-corrected chi connectivity index (χ1v) is 7.15. The zero-order valence-electron chi connectivity index (χ0n) is 12.3. The number of imide groups is 1. The molecule has 3 aliphatic heterocycles. The second kappa shape index (κ2) is 5.44. The Morgan fingerprint density at radius 3 is 2.68 bits per heavy atom. The number of fused-ring (bicyclic) bond motifs is 1. The third-order valence-corrected chi connectivity index (χ3v) is 4.06. The highest BCUT2D eigenvalue weighted by Gasteiger charge is 2.50. The van der Waals surface area contributed by atoms with Crippen LogP contribution in [0.2, 0.25) is 0 Å². The number of guanidine groups is 1. The fraction of sp³-hybridized carbons (Fsp3) is 0.667. The van der Waals surface area contributed by atoms with E-state index in [1.54, 1.807) is 11.9 Å². The number of hydrogen-bond acceptors (Lipinski definition) is 7. The van der Waals surface area contributed by atoms with Gasteiger partial charge in [-0.25, -0.2) is 9.79 Å². The van der Waals surface area contributed by atoms with E-state index in [1.807, 2.05) is 4.90 Å². The predicted molar refractivity (Wildman–Crippen MR) is 76.7 cm³/mol. The minimum Gasteiger partial charge on any atom is -0.368 e. The van der Waals surface area contributed by atoms with E-state index in [4.69, 9.17) is 5.73 Å². The van der Waals surface area contributed by atoms with Crippen LogP contribution in [0, 0.1) is 0 Å². The van der Waals surface area contributed by atoms with Crippen molar-refractivity contribution in [1.82, 2.24) is 25.3 Å². The molecule has 0 aliphatic carbocycles. The highest BCUT2D eigenvalue weighted by Crippen LogP contribution is 2.25. The van der Waals surface area contributed by atoms with Gasteiger partial charge in [-0.05, 0) is 0 Å². The second-order valence-electron chi connectivity index (χ2n) is 5.52. The molecule has 22 heavy (non-hydrogen) atoms. The standard InChI is InChI=1S/C12H19N7O3/c1-17-9-8(10(21)16-12(17)22)19(6-7(13)20)11(15-9)18-4-2-14-3-5-18/h8-9,14H,2-6H2,1H3,(H2,13,20)(H,16,21,22). The molecule has 2 saturated heterocycles. The van der Waals surface area contributed by atoms with Crippen molar-refractivity contribution < 1.29 is 14.4 Å². The minimum absolute atomic E-state index is 0.112. The summed E-state index contributed by atoms with van der Waals surface area (Å²) in [6.45, 7) is 2.90. The molecule has 0 spiro atoms. The van der Waals surface area contributed by atoms with E-state index >= 15 is 0 Å². The maximum absolute atomic E-state index is 12.2. The Bertz CT molecular complexity index is 543. The molecule has 2 unspecified atom stereocenters. The van der Waals surface area contributed by atoms with Crippen LogP contribution in [0.15, 0.2) is 4.99 Å². The van der Waals surface area contributed by atoms with Crippen LogP contribution in [0.1, 0.15) is 0 Å². The molecular formula is C12H19N7O3. The van der Waals surface area contributed by atoms with Crippen molar-refractivity contribution in [2.75, 3.05) is 39.8 Å². The summed E-state index contributed by atoms with van der Waals surface area (Å²) >= 11 is 0. The van der Waals surface area contributed by atoms with Gasteiger partial charge in [0.15, 0.2) is 18.2 Å². The SMILES string of the molecule is CN1C(=O)NC(=O)C2C1N=C(N1CCNCC1)N2CC(N)=O. The zero-order valence-corrected chi connectivity index (χ0v) is 12.3. The Labute approximate surface area is 127 Å². The van der Waals surface area contributed by atoms with Gasteiger partial charge < -0.3 is 25.8 Å². The molecule has 10 nitrogen and oxygen atoms in total. The molecule has 0 saturated carbocycles. The summed E-state index contributed by atoms with van der Waals surface area (Å²) in [5.74, 6) is -0.453. The fourth-order valence-corrected chi connectivity index (χ4v) is 2.98. The number of nitrogens with zero attached hydrogens (tertiary/aromatic N) is 4. The zero-order chi connectivity index (χ0) is 15.9. The average Bonchev–Trinajstić information content (AvgIpc) is 2.85. The molecule has 2 atom stereocenters. The van der Waals surface area contributed by atoms with Gasteiger partial charge in [0.1, 0.15) is 6.54 Å². The molecule has 0 aromatic heterocycles. The van der Waals surface area contributed by atoms with E-state index in [1.165, 1.54) is 4.90 Å². The maximum atomic E-state index is 12.2. The van der Waals surface area contributed by atoms with Gasteiger partial charge in [-0.15, -0.1) is 0 Å². The van der Waals surface area contributed by atoms with Crippen LogP contribution in [0.3, 0.4) is 0 Å². The Balaban J connectivity index is 1.92. The van der Waals surface area contributed by atoms with Crippen LogP contribution in [0.25, 0.3) is 0 Å². The van der Waals surface area contributed by atoms with E-state index in [0.717, 1.165) is 13.1 Å². The highest BCUT2D eigenvalue weighted by atomic mass is 16.2. The number of nitrogens with one attached hydrogen (secondary N) is 2. The van der Waals surface area contributed by atoms with Gasteiger partial charge in [0.2, 0.25) is 5.91 Å². The first-order chi connectivity index (χ1) is 10.5. The fourth-order valence-electron chi connectivity index (χ4n) is 2.98. The predicted octanol–water partition coefficient (Wildman–Crippen LogP) is -3.08. The number of carbonyl (C=O) groups is 3. The summed E-state index contributed by atoms with van der Waals surface area (Å²) in [6, 6.07) is -1.21. The van der Waals surface area contributed by atoms with Crippen LogP contribution in [0.4, 0.5) is 4.79 Å². The number of aliphatic imine (C=N–C) groups is 1. The average molecular weight is 309 g/mol. The van der Waals surface area contributed by atoms with Crippen molar-refractivity contribution in [3.05, 3.63) is 0 Å².